The van der Waals surface area contributed by atoms with Crippen molar-refractivity contribution < 1.29 is 18.4 Å². The van der Waals surface area contributed by atoms with E-state index in [0.29, 0.717) is 12.0 Å². The number of ether oxygens (including phenoxy) is 1. The van der Waals surface area contributed by atoms with Crippen molar-refractivity contribution >= 4 is 0 Å². The first-order chi connectivity index (χ1) is 7.50. The molecule has 0 bridgehead atoms. The van der Waals surface area contributed by atoms with E-state index in [-0.39, 0.29) is 17.9 Å². The summed E-state index contributed by atoms with van der Waals surface area (Å²) in [6, 6.07) is 4.80. The van der Waals surface area contributed by atoms with Crippen LogP contribution in [0.4, 0.5) is 8.78 Å². The average molecular weight is 231 g/mol. The van der Waals surface area contributed by atoms with E-state index in [0.717, 1.165) is 6.92 Å². The van der Waals surface area contributed by atoms with Crippen molar-refractivity contribution in [3.63, 3.8) is 0 Å². The van der Waals surface area contributed by atoms with Gasteiger partial charge in [-0.15, -0.1) is 0 Å². The molecule has 1 aromatic carbocycles. The van der Waals surface area contributed by atoms with E-state index in [1.54, 1.807) is 12.1 Å². The standard InChI is InChI=1S/C11H15F2NO2/c1-11(12,13)10-8(6-7-16-14)4-3-5-9(10)15-2/h3-5H,6-7,14H2,1-2H3. The smallest absolute Gasteiger partial charge is 0.274 e. The molecule has 0 saturated carbocycles. The minimum absolute atomic E-state index is 0.102. The van der Waals surface area contributed by atoms with Crippen molar-refractivity contribution in [2.75, 3.05) is 13.7 Å². The van der Waals surface area contributed by atoms with Crippen molar-refractivity contribution in [3.8, 4) is 5.75 Å². The van der Waals surface area contributed by atoms with Gasteiger partial charge in [0, 0.05) is 6.92 Å². The number of hydrogen-bond acceptors (Lipinski definition) is 3. The van der Waals surface area contributed by atoms with Crippen LogP contribution < -0.4 is 10.6 Å². The van der Waals surface area contributed by atoms with Crippen LogP contribution in [0.5, 0.6) is 5.75 Å². The summed E-state index contributed by atoms with van der Waals surface area (Å²) in [7, 11) is 1.37. The highest BCUT2D eigenvalue weighted by Gasteiger charge is 2.31. The Balaban J connectivity index is 3.16. The van der Waals surface area contributed by atoms with E-state index in [1.165, 1.54) is 13.2 Å². The van der Waals surface area contributed by atoms with Crippen LogP contribution in [-0.4, -0.2) is 13.7 Å². The fraction of sp³-hybridized carbons (Fsp3) is 0.455. The molecular weight excluding hydrogens is 216 g/mol. The Morgan fingerprint density at radius 3 is 2.56 bits per heavy atom. The highest BCUT2D eigenvalue weighted by molar-refractivity contribution is 5.43. The normalized spacial score (nSPS) is 11.6. The third kappa shape index (κ3) is 2.90. The maximum absolute atomic E-state index is 13.4. The monoisotopic (exact) mass is 231 g/mol. The second kappa shape index (κ2) is 5.23. The van der Waals surface area contributed by atoms with Crippen molar-refractivity contribution in [1.82, 2.24) is 0 Å². The average Bonchev–Trinajstić information content (AvgIpc) is 2.24. The van der Waals surface area contributed by atoms with Crippen LogP contribution in [0.25, 0.3) is 0 Å². The molecule has 0 unspecified atom stereocenters. The van der Waals surface area contributed by atoms with Crippen LogP contribution in [-0.2, 0) is 17.2 Å². The second-order valence-electron chi connectivity index (χ2n) is 3.50. The lowest BCUT2D eigenvalue weighted by Gasteiger charge is -2.18. The molecule has 0 aliphatic carbocycles. The fourth-order valence-electron chi connectivity index (χ4n) is 1.62. The maximum Gasteiger partial charge on any atom is 0.274 e. The summed E-state index contributed by atoms with van der Waals surface area (Å²) in [4.78, 5) is 4.40. The first-order valence-corrected chi connectivity index (χ1v) is 4.86. The van der Waals surface area contributed by atoms with Gasteiger partial charge in [0.15, 0.2) is 0 Å². The van der Waals surface area contributed by atoms with E-state index >= 15 is 0 Å². The zero-order valence-electron chi connectivity index (χ0n) is 9.30. The van der Waals surface area contributed by atoms with Gasteiger partial charge < -0.3 is 9.57 Å². The number of rotatable bonds is 5. The van der Waals surface area contributed by atoms with Crippen LogP contribution in [0.2, 0.25) is 0 Å². The first kappa shape index (κ1) is 12.9. The Labute approximate surface area is 93.1 Å². The SMILES string of the molecule is COc1cccc(CCON)c1C(C)(F)F. The van der Waals surface area contributed by atoms with Crippen LogP contribution >= 0.6 is 0 Å². The van der Waals surface area contributed by atoms with E-state index in [4.69, 9.17) is 10.6 Å². The fourth-order valence-corrected chi connectivity index (χ4v) is 1.62. The highest BCUT2D eigenvalue weighted by Crippen LogP contribution is 2.37. The minimum atomic E-state index is -2.95. The highest BCUT2D eigenvalue weighted by atomic mass is 19.3. The molecule has 0 aromatic heterocycles. The molecule has 0 spiro atoms. The Bertz CT molecular complexity index is 350. The summed E-state index contributed by atoms with van der Waals surface area (Å²) in [5, 5.41) is 0. The van der Waals surface area contributed by atoms with E-state index in [1.807, 2.05) is 0 Å². The lowest BCUT2D eigenvalue weighted by molar-refractivity contribution is 0.0137. The van der Waals surface area contributed by atoms with Gasteiger partial charge in [-0.1, -0.05) is 12.1 Å². The molecule has 0 atom stereocenters. The number of hydrogen-bond donors (Lipinski definition) is 1. The van der Waals surface area contributed by atoms with Gasteiger partial charge in [-0.2, -0.15) is 0 Å². The van der Waals surface area contributed by atoms with Crippen molar-refractivity contribution in [1.29, 1.82) is 0 Å². The largest absolute Gasteiger partial charge is 0.496 e. The van der Waals surface area contributed by atoms with Gasteiger partial charge in [-0.05, 0) is 18.1 Å². The minimum Gasteiger partial charge on any atom is -0.496 e. The van der Waals surface area contributed by atoms with E-state index in [9.17, 15) is 8.78 Å². The van der Waals surface area contributed by atoms with E-state index in [2.05, 4.69) is 4.84 Å². The molecule has 0 aliphatic rings. The molecule has 90 valence electrons. The third-order valence-electron chi connectivity index (χ3n) is 2.26. The van der Waals surface area contributed by atoms with Gasteiger partial charge in [0.1, 0.15) is 5.75 Å². The molecule has 0 fully saturated rings. The first-order valence-electron chi connectivity index (χ1n) is 4.86. The summed E-state index contributed by atoms with van der Waals surface area (Å²) in [6.07, 6.45) is 0.326. The predicted octanol–water partition coefficient (Wildman–Crippen LogP) is 2.24. The molecule has 0 heterocycles. The predicted molar refractivity (Wildman–Crippen MR) is 56.4 cm³/mol. The molecular formula is C11H15F2NO2. The molecule has 0 aliphatic heterocycles. The summed E-state index contributed by atoms with van der Waals surface area (Å²) >= 11 is 0. The van der Waals surface area contributed by atoms with Crippen LogP contribution in [0.1, 0.15) is 18.1 Å². The molecule has 3 nitrogen and oxygen atoms in total. The van der Waals surface area contributed by atoms with Gasteiger partial charge in [0.05, 0.1) is 19.3 Å². The third-order valence-corrected chi connectivity index (χ3v) is 2.26. The number of benzene rings is 1. The van der Waals surface area contributed by atoms with Gasteiger partial charge in [-0.25, -0.2) is 14.7 Å². The summed E-state index contributed by atoms with van der Waals surface area (Å²) in [5.74, 6) is 2.12. The van der Waals surface area contributed by atoms with Gasteiger partial charge in [-0.3, -0.25) is 0 Å². The molecule has 2 N–H and O–H groups in total. The number of alkyl halides is 2. The maximum atomic E-state index is 13.4. The lowest BCUT2D eigenvalue weighted by Crippen LogP contribution is -2.14. The molecule has 16 heavy (non-hydrogen) atoms. The molecule has 1 aromatic rings. The molecule has 0 amide bonds. The van der Waals surface area contributed by atoms with Crippen molar-refractivity contribution in [3.05, 3.63) is 29.3 Å². The Morgan fingerprint density at radius 1 is 1.38 bits per heavy atom. The molecule has 5 heteroatoms. The zero-order chi connectivity index (χ0) is 12.2. The molecule has 0 saturated heterocycles. The number of methoxy groups -OCH3 is 1. The number of nitrogens with two attached hydrogens (primary N) is 1. The molecule has 1 rings (SSSR count). The van der Waals surface area contributed by atoms with Gasteiger partial charge >= 0.3 is 0 Å². The van der Waals surface area contributed by atoms with Crippen LogP contribution in [0.15, 0.2) is 18.2 Å². The lowest BCUT2D eigenvalue weighted by atomic mass is 9.99. The van der Waals surface area contributed by atoms with E-state index < -0.39 is 5.92 Å². The van der Waals surface area contributed by atoms with Crippen LogP contribution in [0.3, 0.4) is 0 Å². The molecule has 0 radical (unpaired) electrons. The van der Waals surface area contributed by atoms with Gasteiger partial charge in [0.25, 0.3) is 5.92 Å². The Kier molecular flexibility index (Phi) is 4.20. The van der Waals surface area contributed by atoms with Crippen LogP contribution in [0, 0.1) is 0 Å². The quantitative estimate of drug-likeness (QED) is 0.790. The van der Waals surface area contributed by atoms with Gasteiger partial charge in [0.2, 0.25) is 0 Å². The summed E-state index contributed by atoms with van der Waals surface area (Å²) in [5.41, 5.74) is 0.381. The summed E-state index contributed by atoms with van der Waals surface area (Å²) < 4.78 is 31.8. The van der Waals surface area contributed by atoms with Crippen molar-refractivity contribution in [2.45, 2.75) is 19.3 Å². The summed E-state index contributed by atoms with van der Waals surface area (Å²) in [6.45, 7) is 1.04. The Morgan fingerprint density at radius 2 is 2.06 bits per heavy atom. The topological polar surface area (TPSA) is 44.5 Å². The Hall–Kier alpha value is -1.20. The zero-order valence-corrected chi connectivity index (χ0v) is 9.30. The second-order valence-corrected chi connectivity index (χ2v) is 3.50. The van der Waals surface area contributed by atoms with Crippen molar-refractivity contribution in [2.24, 2.45) is 5.90 Å². The number of halogens is 2.